The molecular weight excluding hydrogens is 455 g/mol. The van der Waals surface area contributed by atoms with Gasteiger partial charge in [0.15, 0.2) is 0 Å². The number of benzene rings is 2. The van der Waals surface area contributed by atoms with Crippen LogP contribution in [0.1, 0.15) is 71.1 Å². The Bertz CT molecular complexity index is 931. The van der Waals surface area contributed by atoms with Gasteiger partial charge in [-0.3, -0.25) is 9.59 Å². The fraction of sp³-hybridized carbons (Fsp3) is 0.481. The first-order valence-corrected chi connectivity index (χ1v) is 12.3. The van der Waals surface area contributed by atoms with Crippen molar-refractivity contribution in [3.63, 3.8) is 0 Å². The van der Waals surface area contributed by atoms with E-state index in [0.29, 0.717) is 22.0 Å². The smallest absolute Gasteiger partial charge is 0.242 e. The number of hydrogen-bond donors (Lipinski definition) is 1. The highest BCUT2D eigenvalue weighted by atomic mass is 35.5. The highest BCUT2D eigenvalue weighted by Gasteiger charge is 2.28. The van der Waals surface area contributed by atoms with E-state index >= 15 is 0 Å². The Balaban J connectivity index is 2.20. The second-order valence-electron chi connectivity index (χ2n) is 9.66. The van der Waals surface area contributed by atoms with Crippen LogP contribution in [0.25, 0.3) is 0 Å². The lowest BCUT2D eigenvalue weighted by atomic mass is 9.86. The maximum Gasteiger partial charge on any atom is 0.242 e. The summed E-state index contributed by atoms with van der Waals surface area (Å²) >= 11 is 12.7. The van der Waals surface area contributed by atoms with E-state index in [1.54, 1.807) is 30.0 Å². The summed E-state index contributed by atoms with van der Waals surface area (Å²) in [6.45, 7) is 12.4. The van der Waals surface area contributed by atoms with Crippen LogP contribution in [-0.2, 0) is 28.0 Å². The fourth-order valence-corrected chi connectivity index (χ4v) is 3.99. The minimum atomic E-state index is -0.651. The van der Waals surface area contributed by atoms with E-state index in [2.05, 4.69) is 50.4 Å². The molecule has 0 aliphatic heterocycles. The normalized spacial score (nSPS) is 13.3. The van der Waals surface area contributed by atoms with Crippen molar-refractivity contribution in [2.75, 3.05) is 0 Å². The van der Waals surface area contributed by atoms with E-state index in [0.717, 1.165) is 12.0 Å². The van der Waals surface area contributed by atoms with Gasteiger partial charge in [-0.2, -0.15) is 0 Å². The molecule has 2 aromatic rings. The predicted molar refractivity (Wildman–Crippen MR) is 138 cm³/mol. The summed E-state index contributed by atoms with van der Waals surface area (Å²) in [6.07, 6.45) is 1.70. The molecule has 0 saturated carbocycles. The van der Waals surface area contributed by atoms with Crippen LogP contribution in [0.4, 0.5) is 0 Å². The minimum absolute atomic E-state index is 0.0298. The molecule has 0 fully saturated rings. The van der Waals surface area contributed by atoms with Crippen molar-refractivity contribution in [3.8, 4) is 0 Å². The fourth-order valence-electron chi connectivity index (χ4n) is 3.47. The second-order valence-corrected chi connectivity index (χ2v) is 10.5. The van der Waals surface area contributed by atoms with Crippen LogP contribution in [0.3, 0.4) is 0 Å². The third-order valence-electron chi connectivity index (χ3n) is 6.01. The minimum Gasteiger partial charge on any atom is -0.352 e. The van der Waals surface area contributed by atoms with Gasteiger partial charge in [0.25, 0.3) is 0 Å². The predicted octanol–water partition coefficient (Wildman–Crippen LogP) is 6.56. The van der Waals surface area contributed by atoms with Crippen molar-refractivity contribution in [3.05, 3.63) is 69.2 Å². The SMILES string of the molecule is CCC(C)NC(=O)C(C)N(Cc1c(Cl)cccc1Cl)C(=O)CCc1ccc(C(C)(C)C)cc1. The van der Waals surface area contributed by atoms with Gasteiger partial charge in [-0.05, 0) is 55.4 Å². The summed E-state index contributed by atoms with van der Waals surface area (Å²) in [7, 11) is 0. The van der Waals surface area contributed by atoms with E-state index in [1.807, 2.05) is 13.8 Å². The quantitative estimate of drug-likeness (QED) is 0.432. The molecule has 0 radical (unpaired) electrons. The number of aryl methyl sites for hydroxylation is 1. The molecule has 2 aromatic carbocycles. The molecule has 0 aromatic heterocycles. The van der Waals surface area contributed by atoms with Crippen LogP contribution in [-0.4, -0.2) is 28.8 Å². The molecule has 0 spiro atoms. The molecule has 0 bridgehead atoms. The van der Waals surface area contributed by atoms with Crippen LogP contribution in [0.15, 0.2) is 42.5 Å². The molecule has 0 aliphatic carbocycles. The van der Waals surface area contributed by atoms with Crippen molar-refractivity contribution in [1.29, 1.82) is 0 Å². The summed E-state index contributed by atoms with van der Waals surface area (Å²) in [5.41, 5.74) is 3.07. The monoisotopic (exact) mass is 490 g/mol. The van der Waals surface area contributed by atoms with Crippen LogP contribution in [0.5, 0.6) is 0 Å². The Hall–Kier alpha value is -2.04. The number of nitrogens with one attached hydrogen (secondary N) is 1. The highest BCUT2D eigenvalue weighted by Crippen LogP contribution is 2.27. The molecule has 2 amide bonds. The molecule has 6 heteroatoms. The van der Waals surface area contributed by atoms with Crippen molar-refractivity contribution in [2.45, 2.75) is 84.8 Å². The zero-order valence-corrected chi connectivity index (χ0v) is 22.1. The number of hydrogen-bond acceptors (Lipinski definition) is 2. The van der Waals surface area contributed by atoms with Crippen LogP contribution < -0.4 is 5.32 Å². The standard InChI is InChI=1S/C27H36Cl2N2O2/c1-7-18(2)30-26(33)19(3)31(17-22-23(28)9-8-10-24(22)29)25(32)16-13-20-11-14-21(15-12-20)27(4,5)6/h8-12,14-15,18-19H,7,13,16-17H2,1-6H3,(H,30,33). The van der Waals surface area contributed by atoms with E-state index in [1.165, 1.54) is 5.56 Å². The highest BCUT2D eigenvalue weighted by molar-refractivity contribution is 6.36. The Morgan fingerprint density at radius 2 is 1.58 bits per heavy atom. The summed E-state index contributed by atoms with van der Waals surface area (Å²) in [5, 5.41) is 3.93. The van der Waals surface area contributed by atoms with Gasteiger partial charge in [-0.25, -0.2) is 0 Å². The van der Waals surface area contributed by atoms with Gasteiger partial charge in [0.05, 0.1) is 0 Å². The number of nitrogens with zero attached hydrogens (tertiary/aromatic N) is 1. The first kappa shape index (κ1) is 27.2. The maximum absolute atomic E-state index is 13.3. The topological polar surface area (TPSA) is 49.4 Å². The number of amides is 2. The first-order valence-electron chi connectivity index (χ1n) is 11.6. The summed E-state index contributed by atoms with van der Waals surface area (Å²) in [4.78, 5) is 27.8. The zero-order chi connectivity index (χ0) is 24.8. The van der Waals surface area contributed by atoms with E-state index < -0.39 is 6.04 Å². The van der Waals surface area contributed by atoms with Gasteiger partial charge in [0, 0.05) is 34.6 Å². The Kier molecular flexibility index (Phi) is 9.81. The van der Waals surface area contributed by atoms with Gasteiger partial charge >= 0.3 is 0 Å². The lowest BCUT2D eigenvalue weighted by molar-refractivity contribution is -0.140. The first-order chi connectivity index (χ1) is 15.4. The molecule has 2 rings (SSSR count). The molecule has 1 N–H and O–H groups in total. The molecule has 0 heterocycles. The van der Waals surface area contributed by atoms with Crippen LogP contribution >= 0.6 is 23.2 Å². The molecule has 0 saturated heterocycles. The van der Waals surface area contributed by atoms with Crippen molar-refractivity contribution >= 4 is 35.0 Å². The van der Waals surface area contributed by atoms with Gasteiger partial charge in [0.1, 0.15) is 6.04 Å². The Morgan fingerprint density at radius 1 is 1.00 bits per heavy atom. The summed E-state index contributed by atoms with van der Waals surface area (Å²) in [5.74, 6) is -0.298. The van der Waals surface area contributed by atoms with Gasteiger partial charge in [-0.1, -0.05) is 81.2 Å². The van der Waals surface area contributed by atoms with E-state index in [9.17, 15) is 9.59 Å². The Morgan fingerprint density at radius 3 is 2.09 bits per heavy atom. The third-order valence-corrected chi connectivity index (χ3v) is 6.71. The van der Waals surface area contributed by atoms with Crippen molar-refractivity contribution < 1.29 is 9.59 Å². The largest absolute Gasteiger partial charge is 0.352 e. The van der Waals surface area contributed by atoms with Crippen LogP contribution in [0, 0.1) is 0 Å². The lowest BCUT2D eigenvalue weighted by Crippen LogP contribution is -2.49. The number of carbonyl (C=O) groups excluding carboxylic acids is 2. The zero-order valence-electron chi connectivity index (χ0n) is 20.5. The molecule has 2 unspecified atom stereocenters. The maximum atomic E-state index is 13.3. The van der Waals surface area contributed by atoms with E-state index in [4.69, 9.17) is 23.2 Å². The average Bonchev–Trinajstić information content (AvgIpc) is 2.76. The molecule has 0 aliphatic rings. The van der Waals surface area contributed by atoms with E-state index in [-0.39, 0.29) is 36.2 Å². The molecular formula is C27H36Cl2N2O2. The van der Waals surface area contributed by atoms with Crippen molar-refractivity contribution in [1.82, 2.24) is 10.2 Å². The van der Waals surface area contributed by atoms with Gasteiger partial charge in [-0.15, -0.1) is 0 Å². The van der Waals surface area contributed by atoms with Crippen molar-refractivity contribution in [2.24, 2.45) is 0 Å². The summed E-state index contributed by atoms with van der Waals surface area (Å²) < 4.78 is 0. The number of carbonyl (C=O) groups is 2. The molecule has 33 heavy (non-hydrogen) atoms. The lowest BCUT2D eigenvalue weighted by Gasteiger charge is -2.30. The third kappa shape index (κ3) is 7.75. The number of rotatable bonds is 9. The summed E-state index contributed by atoms with van der Waals surface area (Å²) in [6, 6.07) is 13.0. The van der Waals surface area contributed by atoms with Gasteiger partial charge in [0.2, 0.25) is 11.8 Å². The molecule has 180 valence electrons. The van der Waals surface area contributed by atoms with Crippen LogP contribution in [0.2, 0.25) is 10.0 Å². The number of halogens is 2. The Labute approximate surface area is 208 Å². The van der Waals surface area contributed by atoms with Gasteiger partial charge < -0.3 is 10.2 Å². The second kappa shape index (κ2) is 11.9. The average molecular weight is 492 g/mol. The molecule has 2 atom stereocenters. The molecule has 4 nitrogen and oxygen atoms in total.